The number of rotatable bonds is 6. The van der Waals surface area contributed by atoms with Crippen LogP contribution in [-0.2, 0) is 4.79 Å². The highest BCUT2D eigenvalue weighted by molar-refractivity contribution is 5.85. The third kappa shape index (κ3) is 7.59. The Morgan fingerprint density at radius 3 is 2.22 bits per heavy atom. The van der Waals surface area contributed by atoms with Crippen LogP contribution in [0, 0.1) is 5.41 Å². The summed E-state index contributed by atoms with van der Waals surface area (Å²) in [4.78, 5) is 14.8. The van der Waals surface area contributed by atoms with E-state index in [1.807, 2.05) is 0 Å². The molecule has 1 saturated carbocycles. The van der Waals surface area contributed by atoms with Crippen molar-refractivity contribution in [3.8, 4) is 0 Å². The van der Waals surface area contributed by atoms with Crippen LogP contribution in [0.25, 0.3) is 0 Å². The molecule has 23 heavy (non-hydrogen) atoms. The van der Waals surface area contributed by atoms with Crippen molar-refractivity contribution >= 4 is 30.7 Å². The Balaban J connectivity index is 0.00000242. The lowest BCUT2D eigenvalue weighted by atomic mass is 9.71. The molecule has 0 aromatic heterocycles. The lowest BCUT2D eigenvalue weighted by Crippen LogP contribution is -2.46. The Labute approximate surface area is 154 Å². The van der Waals surface area contributed by atoms with Crippen molar-refractivity contribution in [3.63, 3.8) is 0 Å². The predicted octanol–water partition coefficient (Wildman–Crippen LogP) is 3.12. The van der Waals surface area contributed by atoms with Crippen LogP contribution in [0.5, 0.6) is 0 Å². The van der Waals surface area contributed by atoms with Gasteiger partial charge in [0.1, 0.15) is 0 Å². The standard InChI is InChI=1S/C17H33N3O.2ClH/c1-15(13-20-10-6-3-7-11-20)19-16(21)12-17(14-18)8-4-2-5-9-17;;/h15H,2-14,18H2,1H3,(H,19,21);2*1H. The zero-order valence-electron chi connectivity index (χ0n) is 14.5. The van der Waals surface area contributed by atoms with Gasteiger partial charge in [0.25, 0.3) is 0 Å². The molecule has 4 nitrogen and oxygen atoms in total. The maximum atomic E-state index is 12.3. The highest BCUT2D eigenvalue weighted by atomic mass is 35.5. The molecule has 0 spiro atoms. The maximum absolute atomic E-state index is 12.3. The van der Waals surface area contributed by atoms with Gasteiger partial charge in [-0.1, -0.05) is 25.7 Å². The second-order valence-electron chi connectivity index (χ2n) is 7.27. The molecule has 6 heteroatoms. The number of halogens is 2. The number of nitrogens with one attached hydrogen (secondary N) is 1. The van der Waals surface area contributed by atoms with Gasteiger partial charge >= 0.3 is 0 Å². The van der Waals surface area contributed by atoms with E-state index in [9.17, 15) is 4.79 Å². The molecule has 0 aromatic rings. The average Bonchev–Trinajstić information content (AvgIpc) is 2.48. The molecule has 1 aliphatic heterocycles. The van der Waals surface area contributed by atoms with Gasteiger partial charge in [0.05, 0.1) is 0 Å². The van der Waals surface area contributed by atoms with Gasteiger partial charge in [-0.15, -0.1) is 24.8 Å². The summed E-state index contributed by atoms with van der Waals surface area (Å²) in [5.41, 5.74) is 6.06. The smallest absolute Gasteiger partial charge is 0.220 e. The molecule has 1 amide bonds. The molecule has 2 rings (SSSR count). The first-order valence-electron chi connectivity index (χ1n) is 8.85. The van der Waals surface area contributed by atoms with Crippen molar-refractivity contribution in [1.29, 1.82) is 0 Å². The van der Waals surface area contributed by atoms with Gasteiger partial charge in [-0.2, -0.15) is 0 Å². The number of hydrogen-bond acceptors (Lipinski definition) is 3. The molecule has 1 atom stereocenters. The van der Waals surface area contributed by atoms with Crippen molar-refractivity contribution in [2.24, 2.45) is 11.1 Å². The summed E-state index contributed by atoms with van der Waals surface area (Å²) >= 11 is 0. The van der Waals surface area contributed by atoms with Crippen molar-refractivity contribution in [2.75, 3.05) is 26.2 Å². The van der Waals surface area contributed by atoms with E-state index in [-0.39, 0.29) is 42.2 Å². The molecule has 1 heterocycles. The van der Waals surface area contributed by atoms with Crippen LogP contribution in [0.2, 0.25) is 0 Å². The van der Waals surface area contributed by atoms with E-state index in [1.54, 1.807) is 0 Å². The van der Waals surface area contributed by atoms with E-state index in [0.717, 1.165) is 19.4 Å². The summed E-state index contributed by atoms with van der Waals surface area (Å²) < 4.78 is 0. The van der Waals surface area contributed by atoms with E-state index in [1.165, 1.54) is 51.6 Å². The first-order chi connectivity index (χ1) is 10.1. The number of nitrogens with zero attached hydrogens (tertiary/aromatic N) is 1. The molecule has 1 saturated heterocycles. The number of carbonyl (C=O) groups excluding carboxylic acids is 1. The minimum Gasteiger partial charge on any atom is -0.352 e. The molecule has 2 fully saturated rings. The van der Waals surface area contributed by atoms with Crippen molar-refractivity contribution in [3.05, 3.63) is 0 Å². The zero-order valence-corrected chi connectivity index (χ0v) is 16.2. The fraction of sp³-hybridized carbons (Fsp3) is 0.941. The Morgan fingerprint density at radius 1 is 1.09 bits per heavy atom. The van der Waals surface area contributed by atoms with E-state index in [2.05, 4.69) is 17.1 Å². The molecule has 138 valence electrons. The van der Waals surface area contributed by atoms with Crippen LogP contribution in [0.4, 0.5) is 0 Å². The Hall–Kier alpha value is -0.0300. The number of nitrogens with two attached hydrogens (primary N) is 1. The third-order valence-electron chi connectivity index (χ3n) is 5.27. The monoisotopic (exact) mass is 367 g/mol. The average molecular weight is 368 g/mol. The molecule has 0 bridgehead atoms. The molecular formula is C17H35Cl2N3O. The molecule has 1 unspecified atom stereocenters. The number of piperidine rings is 1. The number of likely N-dealkylation sites (tertiary alicyclic amines) is 1. The van der Waals surface area contributed by atoms with Crippen LogP contribution in [0.1, 0.15) is 64.7 Å². The lowest BCUT2D eigenvalue weighted by molar-refractivity contribution is -0.124. The minimum atomic E-state index is 0. The molecule has 1 aliphatic carbocycles. The summed E-state index contributed by atoms with van der Waals surface area (Å²) in [5, 5.41) is 3.20. The van der Waals surface area contributed by atoms with Gasteiger partial charge in [-0.3, -0.25) is 4.79 Å². The minimum absolute atomic E-state index is 0. The number of hydrogen-bond donors (Lipinski definition) is 2. The topological polar surface area (TPSA) is 58.4 Å². The SMILES string of the molecule is CC(CN1CCCCC1)NC(=O)CC1(CN)CCCCC1.Cl.Cl. The van der Waals surface area contributed by atoms with Crippen molar-refractivity contribution < 1.29 is 4.79 Å². The lowest BCUT2D eigenvalue weighted by Gasteiger charge is -2.36. The zero-order chi connectivity index (χ0) is 15.1. The van der Waals surface area contributed by atoms with Crippen molar-refractivity contribution in [1.82, 2.24) is 10.2 Å². The van der Waals surface area contributed by atoms with Gasteiger partial charge < -0.3 is 16.0 Å². The van der Waals surface area contributed by atoms with Gasteiger partial charge in [-0.05, 0) is 57.7 Å². The van der Waals surface area contributed by atoms with Crippen LogP contribution in [-0.4, -0.2) is 43.0 Å². The molecule has 3 N–H and O–H groups in total. The van der Waals surface area contributed by atoms with Crippen LogP contribution < -0.4 is 11.1 Å². The third-order valence-corrected chi connectivity index (χ3v) is 5.27. The second kappa shape index (κ2) is 11.5. The van der Waals surface area contributed by atoms with Crippen LogP contribution in [0.3, 0.4) is 0 Å². The molecule has 0 aromatic carbocycles. The summed E-state index contributed by atoms with van der Waals surface area (Å²) in [6, 6.07) is 0.244. The molecule has 0 radical (unpaired) electrons. The first kappa shape index (κ1) is 23.0. The second-order valence-corrected chi connectivity index (χ2v) is 7.27. The predicted molar refractivity (Wildman–Crippen MR) is 102 cm³/mol. The highest BCUT2D eigenvalue weighted by Gasteiger charge is 2.33. The van der Waals surface area contributed by atoms with E-state index in [4.69, 9.17) is 5.73 Å². The summed E-state index contributed by atoms with van der Waals surface area (Å²) in [5.74, 6) is 0.201. The van der Waals surface area contributed by atoms with Crippen LogP contribution in [0.15, 0.2) is 0 Å². The van der Waals surface area contributed by atoms with Gasteiger partial charge in [0.2, 0.25) is 5.91 Å². The largest absolute Gasteiger partial charge is 0.352 e. The maximum Gasteiger partial charge on any atom is 0.220 e. The molecule has 2 aliphatic rings. The fourth-order valence-corrected chi connectivity index (χ4v) is 4.00. The van der Waals surface area contributed by atoms with Crippen LogP contribution >= 0.6 is 24.8 Å². The van der Waals surface area contributed by atoms with Gasteiger partial charge in [0, 0.05) is 19.0 Å². The normalized spacial score (nSPS) is 22.3. The van der Waals surface area contributed by atoms with Gasteiger partial charge in [0.15, 0.2) is 0 Å². The Kier molecular flexibility index (Phi) is 11.5. The van der Waals surface area contributed by atoms with E-state index >= 15 is 0 Å². The van der Waals surface area contributed by atoms with E-state index in [0.29, 0.717) is 13.0 Å². The highest BCUT2D eigenvalue weighted by Crippen LogP contribution is 2.38. The van der Waals surface area contributed by atoms with Gasteiger partial charge in [-0.25, -0.2) is 0 Å². The summed E-state index contributed by atoms with van der Waals surface area (Å²) in [6.45, 7) is 6.14. The Morgan fingerprint density at radius 2 is 1.65 bits per heavy atom. The summed E-state index contributed by atoms with van der Waals surface area (Å²) in [7, 11) is 0. The fourth-order valence-electron chi connectivity index (χ4n) is 4.00. The summed E-state index contributed by atoms with van der Waals surface area (Å²) in [6.07, 6.45) is 10.6. The van der Waals surface area contributed by atoms with E-state index < -0.39 is 0 Å². The quantitative estimate of drug-likeness (QED) is 0.757. The van der Waals surface area contributed by atoms with Crippen molar-refractivity contribution in [2.45, 2.75) is 70.8 Å². The molecular weight excluding hydrogens is 333 g/mol. The Bertz CT molecular complexity index is 330. The number of carbonyl (C=O) groups is 1. The first-order valence-corrected chi connectivity index (χ1v) is 8.85. The number of amides is 1.